The first-order valence-corrected chi connectivity index (χ1v) is 7.28. The molecule has 102 valence electrons. The van der Waals surface area contributed by atoms with Gasteiger partial charge in [-0.05, 0) is 24.6 Å². The topological polar surface area (TPSA) is 101 Å². The molecule has 0 bridgehead atoms. The highest BCUT2D eigenvalue weighted by molar-refractivity contribution is 7.93. The molecule has 0 atom stereocenters. The third-order valence-electron chi connectivity index (χ3n) is 2.75. The zero-order valence-electron chi connectivity index (χ0n) is 10.5. The van der Waals surface area contributed by atoms with Crippen LogP contribution in [-0.4, -0.2) is 28.6 Å². The van der Waals surface area contributed by atoms with Gasteiger partial charge < -0.3 is 0 Å². The van der Waals surface area contributed by atoms with E-state index in [0.717, 1.165) is 10.9 Å². The predicted octanol–water partition coefficient (Wildman–Crippen LogP) is 1.46. The zero-order valence-corrected chi connectivity index (χ0v) is 11.3. The Kier molecular flexibility index (Phi) is 2.87. The molecule has 20 heavy (non-hydrogen) atoms. The van der Waals surface area contributed by atoms with Crippen molar-refractivity contribution in [1.29, 1.82) is 0 Å². The highest BCUT2D eigenvalue weighted by atomic mass is 32.2. The lowest BCUT2D eigenvalue weighted by Gasteiger charge is -2.08. The summed E-state index contributed by atoms with van der Waals surface area (Å²) in [5.41, 5.74) is 1.39. The average Bonchev–Trinajstić information content (AvgIpc) is 2.89. The van der Waals surface area contributed by atoms with Gasteiger partial charge in [0.2, 0.25) is 5.95 Å². The number of aromatic amines is 1. The standard InChI is InChI=1S/C12H11N5O2S/c1-8-5-9-3-2-4-10(11(9)13-6-8)20(18,19)17-12-14-7-15-16-12/h2-7H,1H3,(H2,14,15,16,17). The van der Waals surface area contributed by atoms with E-state index in [1.807, 2.05) is 19.1 Å². The Morgan fingerprint density at radius 2 is 2.10 bits per heavy atom. The zero-order chi connectivity index (χ0) is 14.2. The lowest BCUT2D eigenvalue weighted by atomic mass is 10.2. The first-order valence-electron chi connectivity index (χ1n) is 5.80. The molecule has 0 saturated heterocycles. The molecular weight excluding hydrogens is 278 g/mol. The summed E-state index contributed by atoms with van der Waals surface area (Å²) in [5, 5.41) is 6.81. The molecule has 0 spiro atoms. The lowest BCUT2D eigenvalue weighted by molar-refractivity contribution is 0.601. The second-order valence-electron chi connectivity index (χ2n) is 4.28. The number of anilines is 1. The molecule has 2 heterocycles. The number of para-hydroxylation sites is 1. The van der Waals surface area contributed by atoms with Gasteiger partial charge in [-0.1, -0.05) is 12.1 Å². The summed E-state index contributed by atoms with van der Waals surface area (Å²) >= 11 is 0. The van der Waals surface area contributed by atoms with Crippen LogP contribution < -0.4 is 4.72 Å². The number of hydrogen-bond acceptors (Lipinski definition) is 5. The van der Waals surface area contributed by atoms with Gasteiger partial charge in [0.25, 0.3) is 10.0 Å². The Balaban J connectivity index is 2.14. The average molecular weight is 289 g/mol. The van der Waals surface area contributed by atoms with Crippen molar-refractivity contribution < 1.29 is 8.42 Å². The molecule has 2 aromatic heterocycles. The minimum atomic E-state index is -3.77. The fourth-order valence-electron chi connectivity index (χ4n) is 1.90. The van der Waals surface area contributed by atoms with Crippen LogP contribution in [0.3, 0.4) is 0 Å². The Morgan fingerprint density at radius 1 is 1.25 bits per heavy atom. The first kappa shape index (κ1) is 12.5. The van der Waals surface area contributed by atoms with Gasteiger partial charge in [-0.3, -0.25) is 4.98 Å². The maximum absolute atomic E-state index is 12.4. The molecule has 0 fully saturated rings. The fraction of sp³-hybridized carbons (Fsp3) is 0.0833. The van der Waals surface area contributed by atoms with Crippen LogP contribution in [0, 0.1) is 6.92 Å². The summed E-state index contributed by atoms with van der Waals surface area (Å²) in [6, 6.07) is 6.89. The van der Waals surface area contributed by atoms with Gasteiger partial charge in [0.05, 0.1) is 5.52 Å². The summed E-state index contributed by atoms with van der Waals surface area (Å²) in [7, 11) is -3.77. The van der Waals surface area contributed by atoms with Crippen LogP contribution in [0.2, 0.25) is 0 Å². The van der Waals surface area contributed by atoms with Crippen molar-refractivity contribution in [2.75, 3.05) is 4.72 Å². The van der Waals surface area contributed by atoms with Crippen molar-refractivity contribution in [3.8, 4) is 0 Å². The van der Waals surface area contributed by atoms with E-state index in [9.17, 15) is 8.42 Å². The van der Waals surface area contributed by atoms with Crippen molar-refractivity contribution in [2.45, 2.75) is 11.8 Å². The fourth-order valence-corrected chi connectivity index (χ4v) is 3.04. The van der Waals surface area contributed by atoms with Crippen LogP contribution in [0.15, 0.2) is 41.7 Å². The summed E-state index contributed by atoms with van der Waals surface area (Å²) in [6.45, 7) is 1.90. The van der Waals surface area contributed by atoms with Gasteiger partial charge in [-0.2, -0.15) is 10.1 Å². The highest BCUT2D eigenvalue weighted by Gasteiger charge is 2.19. The van der Waals surface area contributed by atoms with Crippen molar-refractivity contribution in [3.05, 3.63) is 42.4 Å². The van der Waals surface area contributed by atoms with Gasteiger partial charge in [-0.25, -0.2) is 18.2 Å². The molecule has 2 N–H and O–H groups in total. The van der Waals surface area contributed by atoms with E-state index in [-0.39, 0.29) is 10.8 Å². The molecule has 0 unspecified atom stereocenters. The number of aromatic nitrogens is 4. The molecule has 8 heteroatoms. The normalized spacial score (nSPS) is 11.7. The third-order valence-corrected chi connectivity index (χ3v) is 4.12. The number of nitrogens with one attached hydrogen (secondary N) is 2. The molecule has 7 nitrogen and oxygen atoms in total. The Morgan fingerprint density at radius 3 is 2.85 bits per heavy atom. The van der Waals surface area contributed by atoms with E-state index in [1.165, 1.54) is 12.4 Å². The monoisotopic (exact) mass is 289 g/mol. The Labute approximate surface area is 115 Å². The van der Waals surface area contributed by atoms with Crippen molar-refractivity contribution in [2.24, 2.45) is 0 Å². The van der Waals surface area contributed by atoms with E-state index in [2.05, 4.69) is 24.9 Å². The van der Waals surface area contributed by atoms with Crippen LogP contribution in [0.25, 0.3) is 10.9 Å². The maximum Gasteiger partial charge on any atom is 0.266 e. The number of fused-ring (bicyclic) bond motifs is 1. The van der Waals surface area contributed by atoms with Crippen LogP contribution in [-0.2, 0) is 10.0 Å². The number of rotatable bonds is 3. The van der Waals surface area contributed by atoms with Gasteiger partial charge in [0, 0.05) is 11.6 Å². The molecule has 1 aromatic carbocycles. The predicted molar refractivity (Wildman–Crippen MR) is 73.7 cm³/mol. The number of sulfonamides is 1. The Hall–Kier alpha value is -2.48. The quantitative estimate of drug-likeness (QED) is 0.760. The minimum absolute atomic E-state index is 0.0640. The lowest BCUT2D eigenvalue weighted by Crippen LogP contribution is -2.14. The summed E-state index contributed by atoms with van der Waals surface area (Å²) < 4.78 is 27.0. The van der Waals surface area contributed by atoms with E-state index < -0.39 is 10.0 Å². The van der Waals surface area contributed by atoms with E-state index in [4.69, 9.17) is 0 Å². The van der Waals surface area contributed by atoms with Crippen molar-refractivity contribution in [3.63, 3.8) is 0 Å². The molecule has 0 aliphatic heterocycles. The number of benzene rings is 1. The summed E-state index contributed by atoms with van der Waals surface area (Å²) in [6.07, 6.45) is 2.86. The van der Waals surface area contributed by atoms with Crippen LogP contribution in [0.4, 0.5) is 5.95 Å². The Bertz CT molecular complexity index is 859. The molecule has 3 aromatic rings. The molecule has 0 radical (unpaired) electrons. The van der Waals surface area contributed by atoms with E-state index >= 15 is 0 Å². The summed E-state index contributed by atoms with van der Waals surface area (Å²) in [5.74, 6) is 0.0640. The molecule has 0 amide bonds. The first-order chi connectivity index (χ1) is 9.56. The van der Waals surface area contributed by atoms with Gasteiger partial charge >= 0.3 is 0 Å². The summed E-state index contributed by atoms with van der Waals surface area (Å²) in [4.78, 5) is 8.06. The van der Waals surface area contributed by atoms with Crippen LogP contribution in [0.1, 0.15) is 5.56 Å². The maximum atomic E-state index is 12.4. The van der Waals surface area contributed by atoms with Gasteiger partial charge in [-0.15, -0.1) is 0 Å². The van der Waals surface area contributed by atoms with Gasteiger partial charge in [0.1, 0.15) is 11.2 Å². The smallest absolute Gasteiger partial charge is 0.255 e. The van der Waals surface area contributed by atoms with Crippen LogP contribution in [0.5, 0.6) is 0 Å². The minimum Gasteiger partial charge on any atom is -0.255 e. The second-order valence-corrected chi connectivity index (χ2v) is 5.93. The van der Waals surface area contributed by atoms with Gasteiger partial charge in [0.15, 0.2) is 0 Å². The third kappa shape index (κ3) is 2.21. The SMILES string of the molecule is Cc1cnc2c(S(=O)(=O)Nc3ncn[nH]3)cccc2c1. The number of pyridine rings is 1. The van der Waals surface area contributed by atoms with Crippen LogP contribution >= 0.6 is 0 Å². The molecule has 3 rings (SSSR count). The number of H-pyrrole nitrogens is 1. The van der Waals surface area contributed by atoms with E-state index in [0.29, 0.717) is 5.52 Å². The number of hydrogen-bond donors (Lipinski definition) is 2. The molecule has 0 aliphatic rings. The number of nitrogens with zero attached hydrogens (tertiary/aromatic N) is 3. The largest absolute Gasteiger partial charge is 0.266 e. The second kappa shape index (κ2) is 4.57. The van der Waals surface area contributed by atoms with Crippen molar-refractivity contribution in [1.82, 2.24) is 20.2 Å². The molecule has 0 saturated carbocycles. The van der Waals surface area contributed by atoms with Crippen molar-refractivity contribution >= 4 is 26.9 Å². The number of aryl methyl sites for hydroxylation is 1. The highest BCUT2D eigenvalue weighted by Crippen LogP contribution is 2.22. The molecule has 0 aliphatic carbocycles. The molecular formula is C12H11N5O2S. The van der Waals surface area contributed by atoms with E-state index in [1.54, 1.807) is 12.3 Å².